The highest BCUT2D eigenvalue weighted by atomic mass is 16.3. The molecule has 0 aromatic rings. The summed E-state index contributed by atoms with van der Waals surface area (Å²) in [5, 5.41) is 9.77. The molecule has 0 radical (unpaired) electrons. The average molecular weight is 302 g/mol. The van der Waals surface area contributed by atoms with E-state index in [9.17, 15) is 9.90 Å². The smallest absolute Gasteiger partial charge is 0.158 e. The molecule has 0 saturated heterocycles. The highest BCUT2D eigenvalue weighted by Gasteiger charge is 2.56. The number of carbonyl (C=O) groups is 1. The van der Waals surface area contributed by atoms with Crippen LogP contribution in [0.25, 0.3) is 0 Å². The van der Waals surface area contributed by atoms with Crippen LogP contribution in [0, 0.1) is 40.9 Å². The highest BCUT2D eigenvalue weighted by Crippen LogP contribution is 2.63. The van der Waals surface area contributed by atoms with Gasteiger partial charge in [0.25, 0.3) is 0 Å². The van der Waals surface area contributed by atoms with Crippen LogP contribution in [0.3, 0.4) is 0 Å². The van der Waals surface area contributed by atoms with Crippen LogP contribution in [-0.2, 0) is 4.79 Å². The standard InChI is InChI=1S/C20H30O2/c1-12-9-17-13(10-19(12)22)3-5-16-15(17)7-8-20(2)14(11-21)4-6-18(16)20/h10,12,14-18,21H,3-9,11H2,1-2H3/t12?,14-,15-,16+,17-,18+,20+/m0/s1. The molecule has 1 N–H and O–H groups in total. The van der Waals surface area contributed by atoms with Crippen molar-refractivity contribution in [2.24, 2.45) is 40.9 Å². The Morgan fingerprint density at radius 2 is 2.05 bits per heavy atom. The molecular weight excluding hydrogens is 272 g/mol. The van der Waals surface area contributed by atoms with Gasteiger partial charge in [-0.3, -0.25) is 4.79 Å². The Morgan fingerprint density at radius 3 is 2.82 bits per heavy atom. The van der Waals surface area contributed by atoms with Crippen molar-refractivity contribution in [1.29, 1.82) is 0 Å². The molecule has 0 heterocycles. The zero-order valence-corrected chi connectivity index (χ0v) is 14.1. The maximum atomic E-state index is 12.0. The van der Waals surface area contributed by atoms with Gasteiger partial charge >= 0.3 is 0 Å². The van der Waals surface area contributed by atoms with E-state index in [-0.39, 0.29) is 5.92 Å². The summed E-state index contributed by atoms with van der Waals surface area (Å²) in [7, 11) is 0. The van der Waals surface area contributed by atoms with Crippen molar-refractivity contribution in [2.45, 2.75) is 58.8 Å². The summed E-state index contributed by atoms with van der Waals surface area (Å²) in [6.07, 6.45) is 10.7. The van der Waals surface area contributed by atoms with E-state index in [4.69, 9.17) is 0 Å². The minimum atomic E-state index is 0.231. The first-order valence-electron chi connectivity index (χ1n) is 9.39. The van der Waals surface area contributed by atoms with Crippen molar-refractivity contribution >= 4 is 5.78 Å². The third kappa shape index (κ3) is 1.99. The van der Waals surface area contributed by atoms with Gasteiger partial charge < -0.3 is 5.11 Å². The number of aliphatic hydroxyl groups excluding tert-OH is 1. The van der Waals surface area contributed by atoms with Gasteiger partial charge in [0.05, 0.1) is 0 Å². The predicted octanol–water partition coefficient (Wildman–Crippen LogP) is 3.98. The van der Waals surface area contributed by atoms with Gasteiger partial charge in [-0.2, -0.15) is 0 Å². The molecule has 2 nitrogen and oxygen atoms in total. The van der Waals surface area contributed by atoms with Gasteiger partial charge in [-0.25, -0.2) is 0 Å². The van der Waals surface area contributed by atoms with Crippen molar-refractivity contribution in [3.8, 4) is 0 Å². The number of ketones is 1. The average Bonchev–Trinajstić information content (AvgIpc) is 2.85. The molecule has 3 fully saturated rings. The van der Waals surface area contributed by atoms with Crippen LogP contribution in [0.1, 0.15) is 58.8 Å². The van der Waals surface area contributed by atoms with E-state index in [0.29, 0.717) is 29.6 Å². The van der Waals surface area contributed by atoms with Crippen molar-refractivity contribution in [3.63, 3.8) is 0 Å². The lowest BCUT2D eigenvalue weighted by molar-refractivity contribution is -0.119. The normalized spacial score (nSPS) is 50.9. The van der Waals surface area contributed by atoms with Crippen LogP contribution < -0.4 is 0 Å². The first-order valence-corrected chi connectivity index (χ1v) is 9.39. The van der Waals surface area contributed by atoms with Gasteiger partial charge in [-0.15, -0.1) is 0 Å². The lowest BCUT2D eigenvalue weighted by atomic mass is 9.51. The van der Waals surface area contributed by atoms with Crippen LogP contribution in [0.15, 0.2) is 11.6 Å². The summed E-state index contributed by atoms with van der Waals surface area (Å²) >= 11 is 0. The molecule has 0 spiro atoms. The molecule has 122 valence electrons. The van der Waals surface area contributed by atoms with E-state index in [2.05, 4.69) is 13.8 Å². The number of fused-ring (bicyclic) bond motifs is 5. The first-order chi connectivity index (χ1) is 10.5. The summed E-state index contributed by atoms with van der Waals surface area (Å²) in [6.45, 7) is 4.95. The second kappa shape index (κ2) is 5.19. The van der Waals surface area contributed by atoms with Crippen LogP contribution >= 0.6 is 0 Å². The van der Waals surface area contributed by atoms with Gasteiger partial charge in [0.15, 0.2) is 5.78 Å². The minimum absolute atomic E-state index is 0.231. The van der Waals surface area contributed by atoms with Crippen molar-refractivity contribution < 1.29 is 9.90 Å². The summed E-state index contributed by atoms with van der Waals surface area (Å²) < 4.78 is 0. The highest BCUT2D eigenvalue weighted by molar-refractivity contribution is 5.93. The summed E-state index contributed by atoms with van der Waals surface area (Å²) in [5.41, 5.74) is 1.86. The maximum absolute atomic E-state index is 12.0. The lowest BCUT2D eigenvalue weighted by Crippen LogP contribution is -2.47. The van der Waals surface area contributed by atoms with Gasteiger partial charge in [-0.1, -0.05) is 19.4 Å². The van der Waals surface area contributed by atoms with Crippen molar-refractivity contribution in [2.75, 3.05) is 6.61 Å². The van der Waals surface area contributed by atoms with Gasteiger partial charge in [0.2, 0.25) is 0 Å². The van der Waals surface area contributed by atoms with Gasteiger partial charge in [0.1, 0.15) is 0 Å². The van der Waals surface area contributed by atoms with E-state index in [1.807, 2.05) is 6.08 Å². The number of carbonyl (C=O) groups excluding carboxylic acids is 1. The van der Waals surface area contributed by atoms with Crippen LogP contribution in [-0.4, -0.2) is 17.5 Å². The molecule has 2 heteroatoms. The number of hydrogen-bond donors (Lipinski definition) is 1. The number of rotatable bonds is 1. The van der Waals surface area contributed by atoms with Crippen molar-refractivity contribution in [1.82, 2.24) is 0 Å². The summed E-state index contributed by atoms with van der Waals surface area (Å²) in [4.78, 5) is 12.0. The maximum Gasteiger partial charge on any atom is 0.158 e. The monoisotopic (exact) mass is 302 g/mol. The number of allylic oxidation sites excluding steroid dienone is 1. The zero-order chi connectivity index (χ0) is 15.5. The Bertz CT molecular complexity index is 508. The molecular formula is C20H30O2. The fourth-order valence-corrected chi connectivity index (χ4v) is 6.76. The molecule has 0 aliphatic heterocycles. The third-order valence-corrected chi connectivity index (χ3v) is 8.09. The molecule has 4 rings (SSSR count). The third-order valence-electron chi connectivity index (χ3n) is 8.09. The SMILES string of the molecule is CC1C[C@H]2C(=CC1=O)CC[C@@H]1[C@@H]2CC[C@]2(C)[C@H](CO)CC[C@H]12. The molecule has 4 aliphatic rings. The van der Waals surface area contributed by atoms with E-state index < -0.39 is 0 Å². The zero-order valence-electron chi connectivity index (χ0n) is 14.1. The largest absolute Gasteiger partial charge is 0.396 e. The Labute approximate surface area is 134 Å². The summed E-state index contributed by atoms with van der Waals surface area (Å²) in [6, 6.07) is 0. The molecule has 0 aromatic carbocycles. The molecule has 7 atom stereocenters. The molecule has 0 aromatic heterocycles. The lowest BCUT2D eigenvalue weighted by Gasteiger charge is -2.54. The Morgan fingerprint density at radius 1 is 1.23 bits per heavy atom. The van der Waals surface area contributed by atoms with Crippen molar-refractivity contribution in [3.05, 3.63) is 11.6 Å². The topological polar surface area (TPSA) is 37.3 Å². The molecule has 3 saturated carbocycles. The number of hydrogen-bond acceptors (Lipinski definition) is 2. The van der Waals surface area contributed by atoms with Crippen LogP contribution in [0.2, 0.25) is 0 Å². The fourth-order valence-electron chi connectivity index (χ4n) is 6.76. The van der Waals surface area contributed by atoms with Gasteiger partial charge in [-0.05, 0) is 86.0 Å². The van der Waals surface area contributed by atoms with E-state index in [1.54, 1.807) is 0 Å². The second-order valence-electron chi connectivity index (χ2n) is 8.84. The molecule has 4 aliphatic carbocycles. The Kier molecular flexibility index (Phi) is 3.52. The van der Waals surface area contributed by atoms with E-state index in [1.165, 1.54) is 37.7 Å². The molecule has 0 amide bonds. The Balaban J connectivity index is 1.62. The van der Waals surface area contributed by atoms with Gasteiger partial charge in [0, 0.05) is 12.5 Å². The summed E-state index contributed by atoms with van der Waals surface area (Å²) in [5.74, 6) is 4.29. The second-order valence-corrected chi connectivity index (χ2v) is 8.84. The molecule has 0 bridgehead atoms. The first kappa shape index (κ1) is 14.9. The van der Waals surface area contributed by atoms with Crippen LogP contribution in [0.5, 0.6) is 0 Å². The van der Waals surface area contributed by atoms with Crippen LogP contribution in [0.4, 0.5) is 0 Å². The molecule has 1 unspecified atom stereocenters. The molecule has 22 heavy (non-hydrogen) atoms. The van der Waals surface area contributed by atoms with E-state index in [0.717, 1.165) is 30.6 Å². The number of aliphatic hydroxyl groups is 1. The minimum Gasteiger partial charge on any atom is -0.396 e. The quantitative estimate of drug-likeness (QED) is 0.795. The Hall–Kier alpha value is -0.630. The fraction of sp³-hybridized carbons (Fsp3) is 0.850. The predicted molar refractivity (Wildman–Crippen MR) is 87.2 cm³/mol. The van der Waals surface area contributed by atoms with E-state index >= 15 is 0 Å².